The minimum Gasteiger partial charge on any atom is -0.378 e. The van der Waals surface area contributed by atoms with Gasteiger partial charge in [-0.3, -0.25) is 4.79 Å². The van der Waals surface area contributed by atoms with Crippen molar-refractivity contribution < 1.29 is 9.53 Å². The molecule has 0 saturated carbocycles. The molecule has 2 aliphatic heterocycles. The van der Waals surface area contributed by atoms with Gasteiger partial charge in [0.25, 0.3) is 5.91 Å². The summed E-state index contributed by atoms with van der Waals surface area (Å²) in [6.07, 6.45) is 3.32. The van der Waals surface area contributed by atoms with Crippen LogP contribution in [0.3, 0.4) is 0 Å². The number of ether oxygens (including phenoxy) is 1. The lowest BCUT2D eigenvalue weighted by molar-refractivity contribution is 0.0476. The largest absolute Gasteiger partial charge is 0.378 e. The van der Waals surface area contributed by atoms with Gasteiger partial charge in [0.2, 0.25) is 0 Å². The Bertz CT molecular complexity index is 658. The fraction of sp³-hybridized carbons (Fsp3) is 0.438. The van der Waals surface area contributed by atoms with Crippen LogP contribution in [0, 0.1) is 0 Å². The number of anilines is 1. The number of hydrogen-bond acceptors (Lipinski definition) is 5. The standard InChI is InChI=1S/C16H19N5O2/c22-16(20-11-15(12-20)21-17-5-6-18-21)13-1-3-14(4-2-13)19-7-9-23-10-8-19/h1-6,15H,7-12H2. The molecule has 0 bridgehead atoms. The Kier molecular flexibility index (Phi) is 3.70. The van der Waals surface area contributed by atoms with Gasteiger partial charge < -0.3 is 14.5 Å². The lowest BCUT2D eigenvalue weighted by atomic mass is 10.1. The molecule has 120 valence electrons. The molecular formula is C16H19N5O2. The smallest absolute Gasteiger partial charge is 0.254 e. The summed E-state index contributed by atoms with van der Waals surface area (Å²) in [6.45, 7) is 4.65. The second-order valence-electron chi connectivity index (χ2n) is 5.86. The first-order valence-corrected chi connectivity index (χ1v) is 7.89. The Morgan fingerprint density at radius 2 is 1.70 bits per heavy atom. The lowest BCUT2D eigenvalue weighted by Crippen LogP contribution is -2.51. The van der Waals surface area contributed by atoms with Crippen molar-refractivity contribution in [3.63, 3.8) is 0 Å². The van der Waals surface area contributed by atoms with Crippen LogP contribution in [-0.4, -0.2) is 65.2 Å². The lowest BCUT2D eigenvalue weighted by Gasteiger charge is -2.38. The first kappa shape index (κ1) is 14.2. The summed E-state index contributed by atoms with van der Waals surface area (Å²) >= 11 is 0. The number of amides is 1. The zero-order valence-electron chi connectivity index (χ0n) is 12.8. The van der Waals surface area contributed by atoms with E-state index in [0.29, 0.717) is 13.1 Å². The number of rotatable bonds is 3. The summed E-state index contributed by atoms with van der Waals surface area (Å²) in [6, 6.07) is 8.05. The molecule has 0 aliphatic carbocycles. The van der Waals surface area contributed by atoms with E-state index in [-0.39, 0.29) is 11.9 Å². The maximum Gasteiger partial charge on any atom is 0.254 e. The van der Waals surface area contributed by atoms with E-state index in [1.54, 1.807) is 17.2 Å². The molecule has 23 heavy (non-hydrogen) atoms. The summed E-state index contributed by atoms with van der Waals surface area (Å²) < 4.78 is 5.36. The Balaban J connectivity index is 1.37. The highest BCUT2D eigenvalue weighted by molar-refractivity contribution is 5.95. The van der Waals surface area contributed by atoms with Crippen molar-refractivity contribution in [3.05, 3.63) is 42.2 Å². The first-order chi connectivity index (χ1) is 11.3. The molecule has 2 aliphatic rings. The van der Waals surface area contributed by atoms with Crippen LogP contribution in [0.4, 0.5) is 5.69 Å². The Morgan fingerprint density at radius 1 is 1.04 bits per heavy atom. The third kappa shape index (κ3) is 2.79. The Hall–Kier alpha value is -2.41. The van der Waals surface area contributed by atoms with Gasteiger partial charge in [-0.25, -0.2) is 0 Å². The second kappa shape index (κ2) is 6.00. The Morgan fingerprint density at radius 3 is 2.35 bits per heavy atom. The summed E-state index contributed by atoms with van der Waals surface area (Å²) in [5.74, 6) is 0.0712. The quantitative estimate of drug-likeness (QED) is 0.839. The normalized spacial score (nSPS) is 18.8. The SMILES string of the molecule is O=C(c1ccc(N2CCOCC2)cc1)N1CC(n2nccn2)C1. The minimum absolute atomic E-state index is 0.0712. The molecule has 1 aromatic heterocycles. The minimum atomic E-state index is 0.0712. The van der Waals surface area contributed by atoms with E-state index < -0.39 is 0 Å². The van der Waals surface area contributed by atoms with Gasteiger partial charge in [-0.05, 0) is 24.3 Å². The molecule has 1 aromatic carbocycles. The number of benzene rings is 1. The van der Waals surface area contributed by atoms with Gasteiger partial charge in [0.1, 0.15) is 6.04 Å². The van der Waals surface area contributed by atoms with Crippen LogP contribution in [0.5, 0.6) is 0 Å². The van der Waals surface area contributed by atoms with Gasteiger partial charge in [0, 0.05) is 37.4 Å². The summed E-state index contributed by atoms with van der Waals surface area (Å²) in [5.41, 5.74) is 1.88. The van der Waals surface area contributed by atoms with Gasteiger partial charge in [0.15, 0.2) is 0 Å². The maximum atomic E-state index is 12.5. The molecule has 0 N–H and O–H groups in total. The van der Waals surface area contributed by atoms with Gasteiger partial charge in [-0.1, -0.05) is 0 Å². The number of aromatic nitrogens is 3. The van der Waals surface area contributed by atoms with Crippen molar-refractivity contribution in [3.8, 4) is 0 Å². The highest BCUT2D eigenvalue weighted by Crippen LogP contribution is 2.23. The molecule has 0 radical (unpaired) electrons. The van der Waals surface area contributed by atoms with Crippen LogP contribution in [0.15, 0.2) is 36.7 Å². The molecule has 1 amide bonds. The van der Waals surface area contributed by atoms with E-state index in [9.17, 15) is 4.79 Å². The van der Waals surface area contributed by atoms with E-state index >= 15 is 0 Å². The van der Waals surface area contributed by atoms with Gasteiger partial charge >= 0.3 is 0 Å². The van der Waals surface area contributed by atoms with Crippen LogP contribution in [0.1, 0.15) is 16.4 Å². The molecule has 3 heterocycles. The second-order valence-corrected chi connectivity index (χ2v) is 5.86. The van der Waals surface area contributed by atoms with Crippen molar-refractivity contribution in [2.45, 2.75) is 6.04 Å². The zero-order valence-corrected chi connectivity index (χ0v) is 12.8. The van der Waals surface area contributed by atoms with Crippen molar-refractivity contribution in [2.75, 3.05) is 44.3 Å². The molecule has 2 aromatic rings. The van der Waals surface area contributed by atoms with Gasteiger partial charge in [0.05, 0.1) is 25.6 Å². The zero-order chi connectivity index (χ0) is 15.6. The van der Waals surface area contributed by atoms with Crippen molar-refractivity contribution in [2.24, 2.45) is 0 Å². The monoisotopic (exact) mass is 313 g/mol. The fourth-order valence-corrected chi connectivity index (χ4v) is 3.00. The van der Waals surface area contributed by atoms with Crippen LogP contribution in [0.25, 0.3) is 0 Å². The molecule has 2 fully saturated rings. The topological polar surface area (TPSA) is 63.5 Å². The molecule has 7 nitrogen and oxygen atoms in total. The number of morpholine rings is 1. The van der Waals surface area contributed by atoms with E-state index in [2.05, 4.69) is 15.1 Å². The predicted octanol–water partition coefficient (Wildman–Crippen LogP) is 0.812. The Labute approximate surface area is 134 Å². The summed E-state index contributed by atoms with van der Waals surface area (Å²) in [7, 11) is 0. The van der Waals surface area contributed by atoms with Crippen LogP contribution in [-0.2, 0) is 4.74 Å². The maximum absolute atomic E-state index is 12.5. The highest BCUT2D eigenvalue weighted by Gasteiger charge is 2.33. The highest BCUT2D eigenvalue weighted by atomic mass is 16.5. The van der Waals surface area contributed by atoms with Crippen molar-refractivity contribution >= 4 is 11.6 Å². The molecule has 0 atom stereocenters. The van der Waals surface area contributed by atoms with E-state index in [4.69, 9.17) is 4.74 Å². The number of hydrogen-bond donors (Lipinski definition) is 0. The van der Waals surface area contributed by atoms with E-state index in [1.165, 1.54) is 0 Å². The fourth-order valence-electron chi connectivity index (χ4n) is 3.00. The van der Waals surface area contributed by atoms with Gasteiger partial charge in [-0.15, -0.1) is 0 Å². The molecule has 0 unspecified atom stereocenters. The number of nitrogens with zero attached hydrogens (tertiary/aromatic N) is 5. The molecular weight excluding hydrogens is 294 g/mol. The third-order valence-electron chi connectivity index (χ3n) is 4.40. The number of carbonyl (C=O) groups excluding carboxylic acids is 1. The molecule has 4 rings (SSSR count). The van der Waals surface area contributed by atoms with Crippen LogP contribution in [0.2, 0.25) is 0 Å². The average molecular weight is 313 g/mol. The predicted molar refractivity (Wildman–Crippen MR) is 84.4 cm³/mol. The van der Waals surface area contributed by atoms with Crippen LogP contribution >= 0.6 is 0 Å². The van der Waals surface area contributed by atoms with E-state index in [0.717, 1.165) is 37.6 Å². The molecule has 7 heteroatoms. The molecule has 2 saturated heterocycles. The first-order valence-electron chi connectivity index (χ1n) is 7.89. The van der Waals surface area contributed by atoms with E-state index in [1.807, 2.05) is 29.2 Å². The van der Waals surface area contributed by atoms with Crippen molar-refractivity contribution in [1.82, 2.24) is 19.9 Å². The molecule has 0 spiro atoms. The van der Waals surface area contributed by atoms with Crippen LogP contribution < -0.4 is 4.90 Å². The third-order valence-corrected chi connectivity index (χ3v) is 4.40. The number of likely N-dealkylation sites (tertiary alicyclic amines) is 1. The summed E-state index contributed by atoms with van der Waals surface area (Å²) in [5, 5.41) is 8.24. The van der Waals surface area contributed by atoms with Crippen molar-refractivity contribution in [1.29, 1.82) is 0 Å². The van der Waals surface area contributed by atoms with Gasteiger partial charge in [-0.2, -0.15) is 15.0 Å². The summed E-state index contributed by atoms with van der Waals surface area (Å²) in [4.78, 5) is 18.3. The number of carbonyl (C=O) groups is 1. The average Bonchev–Trinajstić information content (AvgIpc) is 3.08.